The molecule has 0 aliphatic heterocycles. The highest BCUT2D eigenvalue weighted by Gasteiger charge is 2.29. The molecule has 8 nitrogen and oxygen atoms in total. The number of nitrogens with zero attached hydrogens (tertiary/aromatic N) is 2. The molecular formula is C28H32BrN3O5S. The van der Waals surface area contributed by atoms with E-state index in [1.54, 1.807) is 38.1 Å². The lowest BCUT2D eigenvalue weighted by molar-refractivity contribution is -0.139. The Morgan fingerprint density at radius 1 is 0.947 bits per heavy atom. The molecular weight excluding hydrogens is 570 g/mol. The number of amides is 2. The molecule has 0 radical (unpaired) electrons. The number of sulfonamides is 1. The Kier molecular flexibility index (Phi) is 10.3. The van der Waals surface area contributed by atoms with Gasteiger partial charge in [-0.05, 0) is 61.4 Å². The second kappa shape index (κ2) is 13.4. The second-order valence-electron chi connectivity index (χ2n) is 8.76. The zero-order valence-corrected chi connectivity index (χ0v) is 24.0. The van der Waals surface area contributed by atoms with E-state index < -0.39 is 28.5 Å². The largest absolute Gasteiger partial charge is 0.489 e. The van der Waals surface area contributed by atoms with Gasteiger partial charge in [0.05, 0.1) is 11.9 Å². The van der Waals surface area contributed by atoms with Crippen LogP contribution in [0.3, 0.4) is 0 Å². The van der Waals surface area contributed by atoms with E-state index in [1.165, 1.54) is 4.90 Å². The summed E-state index contributed by atoms with van der Waals surface area (Å²) in [5.41, 5.74) is 2.14. The van der Waals surface area contributed by atoms with Crippen LogP contribution >= 0.6 is 15.9 Å². The number of anilines is 1. The monoisotopic (exact) mass is 601 g/mol. The van der Waals surface area contributed by atoms with E-state index in [4.69, 9.17) is 4.74 Å². The summed E-state index contributed by atoms with van der Waals surface area (Å²) in [6, 6.07) is 22.8. The SMILES string of the molecule is CCNC(=O)[C@H](C)N(Cc1ccc(Br)cc1)C(=O)CN(c1ccc(OCc2ccccc2)cc1)S(C)(=O)=O. The summed E-state index contributed by atoms with van der Waals surface area (Å²) >= 11 is 3.39. The number of hydrogen-bond donors (Lipinski definition) is 1. The van der Waals surface area contributed by atoms with E-state index in [0.29, 0.717) is 24.6 Å². The summed E-state index contributed by atoms with van der Waals surface area (Å²) in [5.74, 6) is -0.246. The third-order valence-electron chi connectivity index (χ3n) is 5.84. The normalized spacial score (nSPS) is 11.9. The molecule has 0 aliphatic carbocycles. The zero-order chi connectivity index (χ0) is 27.7. The van der Waals surface area contributed by atoms with E-state index in [9.17, 15) is 18.0 Å². The maximum Gasteiger partial charge on any atom is 0.244 e. The minimum absolute atomic E-state index is 0.147. The van der Waals surface area contributed by atoms with Crippen molar-refractivity contribution in [2.24, 2.45) is 0 Å². The first kappa shape index (κ1) is 29.2. The van der Waals surface area contributed by atoms with E-state index in [2.05, 4.69) is 21.2 Å². The lowest BCUT2D eigenvalue weighted by Crippen LogP contribution is -2.51. The molecule has 0 saturated carbocycles. The van der Waals surface area contributed by atoms with Gasteiger partial charge in [0.15, 0.2) is 0 Å². The van der Waals surface area contributed by atoms with Gasteiger partial charge in [-0.1, -0.05) is 58.4 Å². The topological polar surface area (TPSA) is 96.0 Å². The average Bonchev–Trinajstić information content (AvgIpc) is 2.90. The number of nitrogens with one attached hydrogen (secondary N) is 1. The van der Waals surface area contributed by atoms with Crippen LogP contribution in [0.1, 0.15) is 25.0 Å². The van der Waals surface area contributed by atoms with Crippen LogP contribution in [-0.2, 0) is 32.8 Å². The van der Waals surface area contributed by atoms with Crippen LogP contribution in [0.15, 0.2) is 83.3 Å². The van der Waals surface area contributed by atoms with Gasteiger partial charge in [-0.3, -0.25) is 13.9 Å². The molecule has 0 aliphatic rings. The molecule has 0 aromatic heterocycles. The molecule has 3 aromatic carbocycles. The summed E-state index contributed by atoms with van der Waals surface area (Å²) in [5, 5.41) is 2.73. The Hall–Kier alpha value is -3.37. The number of carbonyl (C=O) groups excluding carboxylic acids is 2. The molecule has 0 fully saturated rings. The van der Waals surface area contributed by atoms with Gasteiger partial charge in [-0.15, -0.1) is 0 Å². The Morgan fingerprint density at radius 3 is 2.16 bits per heavy atom. The molecule has 1 N–H and O–H groups in total. The number of halogens is 1. The highest BCUT2D eigenvalue weighted by atomic mass is 79.9. The van der Waals surface area contributed by atoms with Crippen molar-refractivity contribution in [3.05, 3.63) is 94.5 Å². The van der Waals surface area contributed by atoms with Crippen LogP contribution < -0.4 is 14.4 Å². The Bertz CT molecular complexity index is 1320. The van der Waals surface area contributed by atoms with Gasteiger partial charge in [0.25, 0.3) is 0 Å². The number of hydrogen-bond acceptors (Lipinski definition) is 5. The van der Waals surface area contributed by atoms with Crippen LogP contribution in [0.5, 0.6) is 5.75 Å². The van der Waals surface area contributed by atoms with Gasteiger partial charge in [0, 0.05) is 17.6 Å². The number of rotatable bonds is 12. The molecule has 2 amide bonds. The van der Waals surface area contributed by atoms with Gasteiger partial charge in [0.1, 0.15) is 24.9 Å². The van der Waals surface area contributed by atoms with Crippen molar-refractivity contribution < 1.29 is 22.7 Å². The van der Waals surface area contributed by atoms with Crippen LogP contribution in [0.4, 0.5) is 5.69 Å². The van der Waals surface area contributed by atoms with Crippen LogP contribution in [0, 0.1) is 0 Å². The minimum atomic E-state index is -3.81. The van der Waals surface area contributed by atoms with Gasteiger partial charge < -0.3 is 15.0 Å². The van der Waals surface area contributed by atoms with Gasteiger partial charge in [-0.25, -0.2) is 8.42 Å². The Labute approximate surface area is 232 Å². The molecule has 0 saturated heterocycles. The van der Waals surface area contributed by atoms with E-state index in [0.717, 1.165) is 26.2 Å². The molecule has 0 unspecified atom stereocenters. The standard InChI is InChI=1S/C28H32BrN3O5S/c1-4-30-28(34)21(2)31(18-22-10-12-24(29)13-11-22)27(33)19-32(38(3,35)36)25-14-16-26(17-15-25)37-20-23-8-6-5-7-9-23/h5-17,21H,4,18-20H2,1-3H3,(H,30,34)/t21-/m0/s1. The predicted octanol–water partition coefficient (Wildman–Crippen LogP) is 4.35. The van der Waals surface area contributed by atoms with Crippen molar-refractivity contribution in [2.45, 2.75) is 33.0 Å². The quantitative estimate of drug-likeness (QED) is 0.333. The second-order valence-corrected chi connectivity index (χ2v) is 11.6. The van der Waals surface area contributed by atoms with Crippen LogP contribution in [0.25, 0.3) is 0 Å². The lowest BCUT2D eigenvalue weighted by atomic mass is 10.1. The maximum atomic E-state index is 13.5. The molecule has 0 heterocycles. The molecule has 202 valence electrons. The Morgan fingerprint density at radius 2 is 1.58 bits per heavy atom. The fourth-order valence-corrected chi connectivity index (χ4v) is 4.87. The number of ether oxygens (including phenoxy) is 1. The van der Waals surface area contributed by atoms with Crippen LogP contribution in [0.2, 0.25) is 0 Å². The van der Waals surface area contributed by atoms with Crippen molar-refractivity contribution in [1.29, 1.82) is 0 Å². The maximum absolute atomic E-state index is 13.5. The number of likely N-dealkylation sites (N-methyl/N-ethyl adjacent to an activating group) is 1. The molecule has 38 heavy (non-hydrogen) atoms. The van der Waals surface area contributed by atoms with Crippen molar-refractivity contribution in [3.8, 4) is 5.75 Å². The lowest BCUT2D eigenvalue weighted by Gasteiger charge is -2.31. The average molecular weight is 603 g/mol. The van der Waals surface area contributed by atoms with Crippen LogP contribution in [-0.4, -0.2) is 50.5 Å². The van der Waals surface area contributed by atoms with Crippen molar-refractivity contribution in [3.63, 3.8) is 0 Å². The number of benzene rings is 3. The van der Waals surface area contributed by atoms with Gasteiger partial charge in [0.2, 0.25) is 21.8 Å². The van der Waals surface area contributed by atoms with Crippen molar-refractivity contribution >= 4 is 43.5 Å². The van der Waals surface area contributed by atoms with Crippen molar-refractivity contribution in [1.82, 2.24) is 10.2 Å². The minimum Gasteiger partial charge on any atom is -0.489 e. The van der Waals surface area contributed by atoms with Gasteiger partial charge in [-0.2, -0.15) is 0 Å². The van der Waals surface area contributed by atoms with E-state index in [-0.39, 0.29) is 12.5 Å². The first-order valence-corrected chi connectivity index (χ1v) is 14.8. The van der Waals surface area contributed by atoms with Crippen molar-refractivity contribution in [2.75, 3.05) is 23.7 Å². The Balaban J connectivity index is 1.80. The molecule has 3 rings (SSSR count). The number of carbonyl (C=O) groups is 2. The van der Waals surface area contributed by atoms with Gasteiger partial charge >= 0.3 is 0 Å². The summed E-state index contributed by atoms with van der Waals surface area (Å²) < 4.78 is 33.2. The third kappa shape index (κ3) is 8.32. The summed E-state index contributed by atoms with van der Waals surface area (Å²) in [6.45, 7) is 3.90. The third-order valence-corrected chi connectivity index (χ3v) is 7.51. The molecule has 0 spiro atoms. The fourth-order valence-electron chi connectivity index (χ4n) is 3.75. The highest BCUT2D eigenvalue weighted by Crippen LogP contribution is 2.23. The molecule has 3 aromatic rings. The van der Waals surface area contributed by atoms with E-state index >= 15 is 0 Å². The predicted molar refractivity (Wildman–Crippen MR) is 152 cm³/mol. The first-order valence-electron chi connectivity index (χ1n) is 12.1. The zero-order valence-electron chi connectivity index (χ0n) is 21.6. The summed E-state index contributed by atoms with van der Waals surface area (Å²) in [6.07, 6.45) is 1.05. The van der Waals surface area contributed by atoms with E-state index in [1.807, 2.05) is 54.6 Å². The highest BCUT2D eigenvalue weighted by molar-refractivity contribution is 9.10. The smallest absolute Gasteiger partial charge is 0.244 e. The fraction of sp³-hybridized carbons (Fsp3) is 0.286. The molecule has 1 atom stereocenters. The molecule has 0 bridgehead atoms. The summed E-state index contributed by atoms with van der Waals surface area (Å²) in [4.78, 5) is 27.5. The summed E-state index contributed by atoms with van der Waals surface area (Å²) in [7, 11) is -3.81. The molecule has 10 heteroatoms. The first-order chi connectivity index (χ1) is 18.1.